The average molecular weight is 532 g/mol. The number of hydrogen-bond acceptors (Lipinski definition) is 6. The molecule has 0 saturated carbocycles. The summed E-state index contributed by atoms with van der Waals surface area (Å²) in [5.41, 5.74) is 4.19. The van der Waals surface area contributed by atoms with E-state index in [0.29, 0.717) is 33.6 Å². The lowest BCUT2D eigenvalue weighted by Crippen LogP contribution is -2.39. The van der Waals surface area contributed by atoms with Crippen LogP contribution in [0.15, 0.2) is 75.5 Å². The molecule has 8 heteroatoms. The molecule has 0 N–H and O–H groups in total. The van der Waals surface area contributed by atoms with Crippen LogP contribution in [0.1, 0.15) is 48.9 Å². The number of allylic oxidation sites excluding steroid dienone is 2. The molecule has 5 rings (SSSR count). The highest BCUT2D eigenvalue weighted by atomic mass is 32.1. The zero-order chi connectivity index (χ0) is 26.1. The highest BCUT2D eigenvalue weighted by molar-refractivity contribution is 7.10. The van der Waals surface area contributed by atoms with Crippen molar-refractivity contribution in [3.63, 3.8) is 0 Å². The van der Waals surface area contributed by atoms with Gasteiger partial charge in [0.15, 0.2) is 4.80 Å². The summed E-state index contributed by atoms with van der Waals surface area (Å²) in [6, 6.07) is 11.6. The van der Waals surface area contributed by atoms with E-state index in [1.165, 1.54) is 22.7 Å². The molecular formula is C29H29N3O3S2. The van der Waals surface area contributed by atoms with Gasteiger partial charge in [0.25, 0.3) is 5.56 Å². The van der Waals surface area contributed by atoms with Gasteiger partial charge in [-0.3, -0.25) is 9.36 Å². The molecule has 0 spiro atoms. The Morgan fingerprint density at radius 2 is 2.03 bits per heavy atom. The van der Waals surface area contributed by atoms with E-state index in [2.05, 4.69) is 37.1 Å². The van der Waals surface area contributed by atoms with Crippen molar-refractivity contribution in [1.82, 2.24) is 9.13 Å². The summed E-state index contributed by atoms with van der Waals surface area (Å²) in [7, 11) is 0. The van der Waals surface area contributed by atoms with E-state index >= 15 is 0 Å². The standard InChI is InChI=1S/C29H29N3O3S2/c1-5-11-21-25(28(34)35-7-3)26(23-14-10-16-36-23)32-27(33)24(37-29(32)30-21)17-20-18(4)31(15-6-2)22-13-9-8-12-19(20)22/h6,8-10,12-14,16-17,26H,2,5,7,11,15H2,1,3-4H3/b24-17-. The maximum atomic E-state index is 14.0. The van der Waals surface area contributed by atoms with Gasteiger partial charge in [-0.05, 0) is 43.9 Å². The Labute approximate surface area is 223 Å². The molecule has 4 heterocycles. The molecule has 0 saturated heterocycles. The molecule has 1 atom stereocenters. The lowest BCUT2D eigenvalue weighted by Gasteiger charge is -2.24. The second-order valence-electron chi connectivity index (χ2n) is 8.84. The molecule has 4 aromatic rings. The molecule has 0 amide bonds. The first-order chi connectivity index (χ1) is 18.0. The van der Waals surface area contributed by atoms with Crippen LogP contribution in [-0.4, -0.2) is 21.7 Å². The lowest BCUT2D eigenvalue weighted by molar-refractivity contribution is -0.139. The Balaban J connectivity index is 1.78. The number of carbonyl (C=O) groups excluding carboxylic acids is 1. The normalized spacial score (nSPS) is 15.6. The number of thiophene rings is 1. The van der Waals surface area contributed by atoms with E-state index in [0.717, 1.165) is 33.5 Å². The van der Waals surface area contributed by atoms with Crippen molar-refractivity contribution in [3.8, 4) is 0 Å². The minimum absolute atomic E-state index is 0.153. The van der Waals surface area contributed by atoms with Crippen molar-refractivity contribution >= 4 is 45.6 Å². The first kappa shape index (κ1) is 25.2. The number of benzene rings is 1. The predicted molar refractivity (Wildman–Crippen MR) is 151 cm³/mol. The topological polar surface area (TPSA) is 65.6 Å². The molecule has 1 unspecified atom stereocenters. The fraction of sp³-hybridized carbons (Fsp3) is 0.276. The molecule has 1 aromatic carbocycles. The first-order valence-corrected chi connectivity index (χ1v) is 14.1. The molecule has 0 bridgehead atoms. The van der Waals surface area contributed by atoms with Crippen LogP contribution in [0.4, 0.5) is 0 Å². The third-order valence-electron chi connectivity index (χ3n) is 6.57. The van der Waals surface area contributed by atoms with Crippen molar-refractivity contribution in [2.75, 3.05) is 6.61 Å². The third kappa shape index (κ3) is 4.34. The molecule has 1 aliphatic heterocycles. The van der Waals surface area contributed by atoms with Crippen LogP contribution in [0.25, 0.3) is 17.0 Å². The van der Waals surface area contributed by atoms with Crippen molar-refractivity contribution in [2.45, 2.75) is 46.2 Å². The van der Waals surface area contributed by atoms with Gasteiger partial charge in [-0.15, -0.1) is 17.9 Å². The number of para-hydroxylation sites is 1. The fourth-order valence-corrected chi connectivity index (χ4v) is 6.80. The van der Waals surface area contributed by atoms with Crippen LogP contribution >= 0.6 is 22.7 Å². The summed E-state index contributed by atoms with van der Waals surface area (Å²) < 4.78 is 9.92. The van der Waals surface area contributed by atoms with Gasteiger partial charge in [0.2, 0.25) is 0 Å². The number of thiazole rings is 1. The average Bonchev–Trinajstić information content (AvgIpc) is 3.59. The number of fused-ring (bicyclic) bond motifs is 2. The van der Waals surface area contributed by atoms with Crippen molar-refractivity contribution in [2.24, 2.45) is 4.99 Å². The minimum Gasteiger partial charge on any atom is -0.463 e. The SMILES string of the molecule is C=CCn1c(C)c(/C=c2\sc3n(c2=O)C(c2cccs2)C(C(=O)OCC)=C(CCC)N=3)c2ccccc21. The van der Waals surface area contributed by atoms with Crippen LogP contribution in [0.3, 0.4) is 0 Å². The zero-order valence-corrected chi connectivity index (χ0v) is 22.8. The molecular weight excluding hydrogens is 502 g/mol. The number of hydrogen-bond donors (Lipinski definition) is 0. The second kappa shape index (κ2) is 10.5. The van der Waals surface area contributed by atoms with Crippen LogP contribution in [-0.2, 0) is 16.1 Å². The van der Waals surface area contributed by atoms with E-state index in [1.54, 1.807) is 11.5 Å². The van der Waals surface area contributed by atoms with Gasteiger partial charge < -0.3 is 9.30 Å². The summed E-state index contributed by atoms with van der Waals surface area (Å²) >= 11 is 2.90. The maximum absolute atomic E-state index is 14.0. The molecule has 1 aliphatic rings. The molecule has 0 aliphatic carbocycles. The van der Waals surface area contributed by atoms with E-state index in [1.807, 2.05) is 41.8 Å². The summed E-state index contributed by atoms with van der Waals surface area (Å²) in [6.07, 6.45) is 5.31. The highest BCUT2D eigenvalue weighted by Gasteiger charge is 2.34. The maximum Gasteiger partial charge on any atom is 0.338 e. The van der Waals surface area contributed by atoms with Crippen LogP contribution in [0, 0.1) is 6.92 Å². The molecule has 3 aromatic heterocycles. The quantitative estimate of drug-likeness (QED) is 0.235. The van der Waals surface area contributed by atoms with Gasteiger partial charge in [0, 0.05) is 33.6 Å². The van der Waals surface area contributed by atoms with Gasteiger partial charge in [-0.25, -0.2) is 9.79 Å². The largest absolute Gasteiger partial charge is 0.463 e. The van der Waals surface area contributed by atoms with Gasteiger partial charge in [-0.1, -0.05) is 55.0 Å². The number of esters is 1. The number of rotatable bonds is 8. The number of nitrogens with zero attached hydrogens (tertiary/aromatic N) is 3. The van der Waals surface area contributed by atoms with Crippen LogP contribution in [0.5, 0.6) is 0 Å². The van der Waals surface area contributed by atoms with E-state index in [4.69, 9.17) is 9.73 Å². The van der Waals surface area contributed by atoms with Crippen LogP contribution in [0.2, 0.25) is 0 Å². The minimum atomic E-state index is -0.554. The van der Waals surface area contributed by atoms with Gasteiger partial charge in [-0.2, -0.15) is 0 Å². The zero-order valence-electron chi connectivity index (χ0n) is 21.2. The van der Waals surface area contributed by atoms with Crippen molar-refractivity contribution in [1.29, 1.82) is 0 Å². The summed E-state index contributed by atoms with van der Waals surface area (Å²) in [5.74, 6) is -0.411. The number of ether oxygens (including phenoxy) is 1. The fourth-order valence-electron chi connectivity index (χ4n) is 4.97. The Morgan fingerprint density at radius 3 is 2.73 bits per heavy atom. The van der Waals surface area contributed by atoms with E-state index in [9.17, 15) is 9.59 Å². The monoisotopic (exact) mass is 531 g/mol. The summed E-state index contributed by atoms with van der Waals surface area (Å²) in [5, 5.41) is 3.05. The van der Waals surface area contributed by atoms with Gasteiger partial charge >= 0.3 is 5.97 Å². The lowest BCUT2D eigenvalue weighted by atomic mass is 9.99. The predicted octanol–water partition coefficient (Wildman–Crippen LogP) is 5.09. The smallest absolute Gasteiger partial charge is 0.338 e. The Hall–Kier alpha value is -3.49. The van der Waals surface area contributed by atoms with Crippen molar-refractivity contribution in [3.05, 3.63) is 102 Å². The van der Waals surface area contributed by atoms with Crippen LogP contribution < -0.4 is 14.9 Å². The Kier molecular flexibility index (Phi) is 7.13. The second-order valence-corrected chi connectivity index (χ2v) is 10.8. The molecule has 0 fully saturated rings. The molecule has 190 valence electrons. The Bertz CT molecular complexity index is 1700. The molecule has 0 radical (unpaired) electrons. The molecule has 6 nitrogen and oxygen atoms in total. The number of aromatic nitrogens is 2. The summed E-state index contributed by atoms with van der Waals surface area (Å²) in [6.45, 7) is 10.8. The molecule has 37 heavy (non-hydrogen) atoms. The Morgan fingerprint density at radius 1 is 1.22 bits per heavy atom. The van der Waals surface area contributed by atoms with Crippen molar-refractivity contribution < 1.29 is 9.53 Å². The van der Waals surface area contributed by atoms with E-state index < -0.39 is 12.0 Å². The van der Waals surface area contributed by atoms with E-state index in [-0.39, 0.29) is 12.2 Å². The van der Waals surface area contributed by atoms with Gasteiger partial charge in [0.05, 0.1) is 22.4 Å². The third-order valence-corrected chi connectivity index (χ3v) is 8.48. The van der Waals surface area contributed by atoms with Gasteiger partial charge in [0.1, 0.15) is 6.04 Å². The number of carbonyl (C=O) groups is 1. The first-order valence-electron chi connectivity index (χ1n) is 12.4. The highest BCUT2D eigenvalue weighted by Crippen LogP contribution is 2.34. The summed E-state index contributed by atoms with van der Waals surface area (Å²) in [4.78, 5) is 33.6.